The van der Waals surface area contributed by atoms with Crippen LogP contribution in [0.5, 0.6) is 0 Å². The maximum atomic E-state index is 12.2. The van der Waals surface area contributed by atoms with E-state index in [4.69, 9.17) is 4.42 Å². The van der Waals surface area contributed by atoms with Gasteiger partial charge in [-0.2, -0.15) is 0 Å². The number of aromatic nitrogens is 2. The highest BCUT2D eigenvalue weighted by molar-refractivity contribution is 5.91. The van der Waals surface area contributed by atoms with Crippen LogP contribution >= 0.6 is 0 Å². The van der Waals surface area contributed by atoms with E-state index in [2.05, 4.69) is 15.5 Å². The predicted molar refractivity (Wildman–Crippen MR) is 97.3 cm³/mol. The standard InChI is InChI=1S/C20H21N3O2/c1-13-8-9-15(3)17(12-13)21-18(24)10-11-19-22-23-20(25-19)16-7-5-4-6-14(16)2/h4-9,12H,10-11H2,1-3H3,(H,21,24). The highest BCUT2D eigenvalue weighted by atomic mass is 16.4. The van der Waals surface area contributed by atoms with E-state index < -0.39 is 0 Å². The van der Waals surface area contributed by atoms with Crippen LogP contribution in [0.4, 0.5) is 5.69 Å². The largest absolute Gasteiger partial charge is 0.421 e. The van der Waals surface area contributed by atoms with Crippen LogP contribution in [0.3, 0.4) is 0 Å². The Morgan fingerprint density at radius 1 is 1.04 bits per heavy atom. The van der Waals surface area contributed by atoms with E-state index in [0.717, 1.165) is 27.9 Å². The number of hydrogen-bond donors (Lipinski definition) is 1. The first-order chi connectivity index (χ1) is 12.0. The number of nitrogens with one attached hydrogen (secondary N) is 1. The third kappa shape index (κ3) is 4.12. The van der Waals surface area contributed by atoms with Crippen LogP contribution in [0.25, 0.3) is 11.5 Å². The van der Waals surface area contributed by atoms with Crippen LogP contribution in [-0.2, 0) is 11.2 Å². The predicted octanol–water partition coefficient (Wildman–Crippen LogP) is 4.23. The summed E-state index contributed by atoms with van der Waals surface area (Å²) < 4.78 is 5.69. The van der Waals surface area contributed by atoms with E-state index in [1.807, 2.05) is 63.2 Å². The van der Waals surface area contributed by atoms with Crippen LogP contribution in [0, 0.1) is 20.8 Å². The van der Waals surface area contributed by atoms with Crippen molar-refractivity contribution in [1.82, 2.24) is 10.2 Å². The summed E-state index contributed by atoms with van der Waals surface area (Å²) in [5.74, 6) is 0.891. The highest BCUT2D eigenvalue weighted by Gasteiger charge is 2.12. The smallest absolute Gasteiger partial charge is 0.247 e. The number of carbonyl (C=O) groups excluding carboxylic acids is 1. The van der Waals surface area contributed by atoms with Gasteiger partial charge in [0.1, 0.15) is 0 Å². The lowest BCUT2D eigenvalue weighted by Crippen LogP contribution is -2.13. The molecule has 1 amide bonds. The van der Waals surface area contributed by atoms with Gasteiger partial charge >= 0.3 is 0 Å². The molecule has 1 N–H and O–H groups in total. The fourth-order valence-corrected chi connectivity index (χ4v) is 2.58. The molecule has 25 heavy (non-hydrogen) atoms. The van der Waals surface area contributed by atoms with Gasteiger partial charge in [0.05, 0.1) is 0 Å². The average molecular weight is 335 g/mol. The molecule has 0 radical (unpaired) electrons. The quantitative estimate of drug-likeness (QED) is 0.757. The minimum Gasteiger partial charge on any atom is -0.421 e. The molecule has 0 spiro atoms. The molecule has 0 saturated heterocycles. The van der Waals surface area contributed by atoms with Crippen molar-refractivity contribution in [2.45, 2.75) is 33.6 Å². The lowest BCUT2D eigenvalue weighted by molar-refractivity contribution is -0.116. The number of aryl methyl sites for hydroxylation is 4. The lowest BCUT2D eigenvalue weighted by atomic mass is 10.1. The second-order valence-electron chi connectivity index (χ2n) is 6.18. The first kappa shape index (κ1) is 16.9. The molecule has 0 aliphatic rings. The Labute approximate surface area is 147 Å². The fraction of sp³-hybridized carbons (Fsp3) is 0.250. The Hall–Kier alpha value is -2.95. The average Bonchev–Trinajstić information content (AvgIpc) is 3.05. The van der Waals surface area contributed by atoms with E-state index >= 15 is 0 Å². The maximum Gasteiger partial charge on any atom is 0.247 e. The lowest BCUT2D eigenvalue weighted by Gasteiger charge is -2.08. The number of amides is 1. The SMILES string of the molecule is Cc1ccc(C)c(NC(=O)CCc2nnc(-c3ccccc3C)o2)c1. The molecule has 5 heteroatoms. The Kier molecular flexibility index (Phi) is 4.93. The van der Waals surface area contributed by atoms with E-state index in [-0.39, 0.29) is 5.91 Å². The molecular formula is C20H21N3O2. The van der Waals surface area contributed by atoms with Crippen LogP contribution < -0.4 is 5.32 Å². The molecule has 3 rings (SSSR count). The normalized spacial score (nSPS) is 10.7. The minimum absolute atomic E-state index is 0.0654. The number of rotatable bonds is 5. The monoisotopic (exact) mass is 335 g/mol. The number of anilines is 1. The van der Waals surface area contributed by atoms with Crippen molar-refractivity contribution in [3.63, 3.8) is 0 Å². The molecule has 2 aromatic carbocycles. The summed E-state index contributed by atoms with van der Waals surface area (Å²) >= 11 is 0. The first-order valence-electron chi connectivity index (χ1n) is 8.28. The topological polar surface area (TPSA) is 68.0 Å². The van der Waals surface area contributed by atoms with Crippen LogP contribution in [0.15, 0.2) is 46.9 Å². The second-order valence-corrected chi connectivity index (χ2v) is 6.18. The van der Waals surface area contributed by atoms with E-state index in [1.165, 1.54) is 0 Å². The van der Waals surface area contributed by atoms with Crippen molar-refractivity contribution in [3.8, 4) is 11.5 Å². The van der Waals surface area contributed by atoms with Gasteiger partial charge in [0.15, 0.2) is 0 Å². The molecule has 1 heterocycles. The first-order valence-corrected chi connectivity index (χ1v) is 8.28. The van der Waals surface area contributed by atoms with Crippen molar-refractivity contribution in [2.24, 2.45) is 0 Å². The summed E-state index contributed by atoms with van der Waals surface area (Å²) in [5, 5.41) is 11.1. The van der Waals surface area contributed by atoms with Gasteiger partial charge in [-0.15, -0.1) is 10.2 Å². The van der Waals surface area contributed by atoms with Gasteiger partial charge in [0.2, 0.25) is 17.7 Å². The molecule has 128 valence electrons. The van der Waals surface area contributed by atoms with Crippen molar-refractivity contribution in [1.29, 1.82) is 0 Å². The van der Waals surface area contributed by atoms with Crippen molar-refractivity contribution < 1.29 is 9.21 Å². The Morgan fingerprint density at radius 3 is 2.64 bits per heavy atom. The summed E-state index contributed by atoms with van der Waals surface area (Å²) in [4.78, 5) is 12.2. The molecule has 0 bridgehead atoms. The van der Waals surface area contributed by atoms with Gasteiger partial charge in [-0.25, -0.2) is 0 Å². The van der Waals surface area contributed by atoms with E-state index in [1.54, 1.807) is 0 Å². The summed E-state index contributed by atoms with van der Waals surface area (Å²) in [6, 6.07) is 13.8. The summed E-state index contributed by atoms with van der Waals surface area (Å²) in [5.41, 5.74) is 4.99. The summed E-state index contributed by atoms with van der Waals surface area (Å²) in [6.45, 7) is 5.97. The van der Waals surface area contributed by atoms with Gasteiger partial charge in [0, 0.05) is 24.1 Å². The zero-order valence-corrected chi connectivity index (χ0v) is 14.7. The van der Waals surface area contributed by atoms with Crippen LogP contribution in [0.1, 0.15) is 29.0 Å². The van der Waals surface area contributed by atoms with Gasteiger partial charge in [-0.05, 0) is 49.6 Å². The third-order valence-corrected chi connectivity index (χ3v) is 4.08. The van der Waals surface area contributed by atoms with E-state index in [0.29, 0.717) is 24.6 Å². The van der Waals surface area contributed by atoms with Gasteiger partial charge < -0.3 is 9.73 Å². The molecule has 5 nitrogen and oxygen atoms in total. The molecule has 0 unspecified atom stereocenters. The Morgan fingerprint density at radius 2 is 1.84 bits per heavy atom. The fourth-order valence-electron chi connectivity index (χ4n) is 2.58. The second kappa shape index (κ2) is 7.30. The number of benzene rings is 2. The van der Waals surface area contributed by atoms with Crippen LogP contribution in [0.2, 0.25) is 0 Å². The number of nitrogens with zero attached hydrogens (tertiary/aromatic N) is 2. The Bertz CT molecular complexity index is 899. The van der Waals surface area contributed by atoms with Gasteiger partial charge in [0.25, 0.3) is 0 Å². The zero-order chi connectivity index (χ0) is 17.8. The maximum absolute atomic E-state index is 12.2. The molecule has 0 atom stereocenters. The molecule has 0 aliphatic carbocycles. The van der Waals surface area contributed by atoms with E-state index in [9.17, 15) is 4.79 Å². The number of carbonyl (C=O) groups is 1. The van der Waals surface area contributed by atoms with Crippen molar-refractivity contribution in [3.05, 3.63) is 65.0 Å². The molecule has 1 aromatic heterocycles. The number of hydrogen-bond acceptors (Lipinski definition) is 4. The Balaban J connectivity index is 1.61. The van der Waals surface area contributed by atoms with Crippen molar-refractivity contribution in [2.75, 3.05) is 5.32 Å². The molecule has 0 saturated carbocycles. The van der Waals surface area contributed by atoms with Gasteiger partial charge in [-0.1, -0.05) is 30.3 Å². The van der Waals surface area contributed by atoms with Gasteiger partial charge in [-0.3, -0.25) is 4.79 Å². The molecule has 0 fully saturated rings. The summed E-state index contributed by atoms with van der Waals surface area (Å²) in [6.07, 6.45) is 0.707. The summed E-state index contributed by atoms with van der Waals surface area (Å²) in [7, 11) is 0. The zero-order valence-electron chi connectivity index (χ0n) is 14.7. The minimum atomic E-state index is -0.0654. The molecule has 3 aromatic rings. The third-order valence-electron chi connectivity index (χ3n) is 4.08. The highest BCUT2D eigenvalue weighted by Crippen LogP contribution is 2.22. The molecule has 0 aliphatic heterocycles. The molecular weight excluding hydrogens is 314 g/mol. The van der Waals surface area contributed by atoms with Crippen LogP contribution in [-0.4, -0.2) is 16.1 Å². The van der Waals surface area contributed by atoms with Crippen molar-refractivity contribution >= 4 is 11.6 Å².